The smallest absolute Gasteiger partial charge is 0.278 e. The van der Waals surface area contributed by atoms with Crippen LogP contribution in [0.4, 0.5) is 8.78 Å². The molecule has 13 heteroatoms. The summed E-state index contributed by atoms with van der Waals surface area (Å²) >= 11 is 1.04. The number of benzene rings is 1. The summed E-state index contributed by atoms with van der Waals surface area (Å²) in [5.74, 6) is -2.67. The molecule has 0 saturated carbocycles. The maximum absolute atomic E-state index is 14.1. The number of carbonyl (C=O) groups is 2. The molecule has 37 heavy (non-hydrogen) atoms. The third kappa shape index (κ3) is 3.93. The van der Waals surface area contributed by atoms with Crippen molar-refractivity contribution >= 4 is 23.2 Å². The second-order valence-corrected chi connectivity index (χ2v) is 10.3. The van der Waals surface area contributed by atoms with E-state index in [2.05, 4.69) is 10.2 Å². The fourth-order valence-corrected chi connectivity index (χ4v) is 5.91. The van der Waals surface area contributed by atoms with Gasteiger partial charge in [-0.3, -0.25) is 24.1 Å². The molecule has 1 aromatic carbocycles. The number of rotatable bonds is 3. The van der Waals surface area contributed by atoms with Crippen molar-refractivity contribution in [2.75, 3.05) is 32.2 Å². The third-order valence-corrected chi connectivity index (χ3v) is 8.24. The number of amides is 2. The molecule has 5 rings (SSSR count). The Morgan fingerprint density at radius 3 is 2.51 bits per heavy atom. The number of pyridine rings is 1. The molecule has 2 aliphatic rings. The van der Waals surface area contributed by atoms with Gasteiger partial charge in [-0.1, -0.05) is 17.4 Å². The van der Waals surface area contributed by atoms with Gasteiger partial charge in [0.15, 0.2) is 16.5 Å². The average molecular weight is 531 g/mol. The number of likely N-dealkylation sites (tertiary alicyclic amines) is 1. The number of hydrogen-bond acceptors (Lipinski definition) is 8. The molecule has 1 N–H and O–H groups in total. The summed E-state index contributed by atoms with van der Waals surface area (Å²) in [6.45, 7) is 2.40. The van der Waals surface area contributed by atoms with Gasteiger partial charge in [0.05, 0.1) is 5.56 Å². The molecule has 0 radical (unpaired) electrons. The van der Waals surface area contributed by atoms with Crippen molar-refractivity contribution in [2.24, 2.45) is 0 Å². The minimum atomic E-state index is -0.778. The van der Waals surface area contributed by atoms with E-state index in [-0.39, 0.29) is 34.2 Å². The molecule has 1 spiro atoms. The lowest BCUT2D eigenvalue weighted by Gasteiger charge is -2.56. The quantitative estimate of drug-likeness (QED) is 0.551. The monoisotopic (exact) mass is 530 g/mol. The van der Waals surface area contributed by atoms with E-state index in [1.807, 2.05) is 0 Å². The van der Waals surface area contributed by atoms with Crippen LogP contribution in [0.2, 0.25) is 0 Å². The highest BCUT2D eigenvalue weighted by atomic mass is 32.1. The highest BCUT2D eigenvalue weighted by molar-refractivity contribution is 7.14. The Morgan fingerprint density at radius 2 is 1.86 bits per heavy atom. The van der Waals surface area contributed by atoms with E-state index in [0.717, 1.165) is 23.5 Å². The van der Waals surface area contributed by atoms with Crippen molar-refractivity contribution in [3.8, 4) is 16.3 Å². The summed E-state index contributed by atoms with van der Waals surface area (Å²) in [6.07, 6.45) is 2.43. The maximum atomic E-state index is 14.1. The summed E-state index contributed by atoms with van der Waals surface area (Å²) in [5, 5.41) is 21.3. The second kappa shape index (κ2) is 8.91. The first kappa shape index (κ1) is 24.8. The van der Waals surface area contributed by atoms with Gasteiger partial charge in [0, 0.05) is 65.6 Å². The first-order valence-electron chi connectivity index (χ1n) is 11.6. The molecule has 0 unspecified atom stereocenters. The van der Waals surface area contributed by atoms with Gasteiger partial charge in [-0.15, -0.1) is 10.2 Å². The number of aromatic hydroxyl groups is 1. The summed E-state index contributed by atoms with van der Waals surface area (Å²) in [7, 11) is 3.38. The van der Waals surface area contributed by atoms with E-state index in [4.69, 9.17) is 0 Å². The minimum absolute atomic E-state index is 0.0325. The molecule has 10 nitrogen and oxygen atoms in total. The Kier molecular flexibility index (Phi) is 5.97. The van der Waals surface area contributed by atoms with Crippen LogP contribution in [-0.2, 0) is 11.2 Å². The molecular weight excluding hydrogens is 506 g/mol. The van der Waals surface area contributed by atoms with Crippen molar-refractivity contribution in [2.45, 2.75) is 31.8 Å². The molecule has 194 valence electrons. The Balaban J connectivity index is 1.52. The number of hydrogen-bond donors (Lipinski definition) is 1. The highest BCUT2D eigenvalue weighted by Gasteiger charge is 2.50. The van der Waals surface area contributed by atoms with Gasteiger partial charge in [0.1, 0.15) is 22.3 Å². The molecule has 0 atom stereocenters. The molecule has 3 aromatic rings. The number of halogens is 2. The molecule has 4 heterocycles. The molecule has 1 fully saturated rings. The second-order valence-electron chi connectivity index (χ2n) is 9.20. The molecule has 1 saturated heterocycles. The lowest BCUT2D eigenvalue weighted by Crippen LogP contribution is -2.71. The summed E-state index contributed by atoms with van der Waals surface area (Å²) in [4.78, 5) is 41.5. The largest absolute Gasteiger partial charge is 0.502 e. The third-order valence-electron chi connectivity index (χ3n) is 7.29. The lowest BCUT2D eigenvalue weighted by molar-refractivity contribution is -0.131. The van der Waals surface area contributed by atoms with Crippen LogP contribution in [0.15, 0.2) is 29.2 Å². The summed E-state index contributed by atoms with van der Waals surface area (Å²) in [5.41, 5.74) is -1.47. The topological polar surface area (TPSA) is 112 Å². The van der Waals surface area contributed by atoms with Crippen molar-refractivity contribution in [3.05, 3.63) is 62.5 Å². The maximum Gasteiger partial charge on any atom is 0.278 e. The molecular formula is C24H24F2N6O4S. The Bertz CT molecular complexity index is 1480. The lowest BCUT2D eigenvalue weighted by atomic mass is 9.92. The van der Waals surface area contributed by atoms with Crippen molar-refractivity contribution in [1.82, 2.24) is 24.7 Å². The van der Waals surface area contributed by atoms with Gasteiger partial charge in [0.2, 0.25) is 11.3 Å². The predicted molar refractivity (Wildman–Crippen MR) is 131 cm³/mol. The molecule has 2 aromatic heterocycles. The van der Waals surface area contributed by atoms with E-state index in [0.29, 0.717) is 30.9 Å². The van der Waals surface area contributed by atoms with Crippen molar-refractivity contribution in [3.63, 3.8) is 0 Å². The number of carbonyl (C=O) groups excluding carboxylic acids is 2. The van der Waals surface area contributed by atoms with E-state index in [1.165, 1.54) is 28.8 Å². The van der Waals surface area contributed by atoms with Gasteiger partial charge in [-0.2, -0.15) is 0 Å². The fourth-order valence-electron chi connectivity index (χ4n) is 5.04. The van der Waals surface area contributed by atoms with Gasteiger partial charge in [-0.05, 0) is 11.6 Å². The van der Waals surface area contributed by atoms with E-state index >= 15 is 0 Å². The SMILES string of the molecule is CC(=O)N1CCC2(CC1)N(C)C(=O)c1c(O)c(=O)c(-c3nnc(Cc4ccc(F)cc4F)s3)cn1N2C. The first-order valence-corrected chi connectivity index (χ1v) is 12.4. The van der Waals surface area contributed by atoms with Gasteiger partial charge in [-0.25, -0.2) is 8.78 Å². The highest BCUT2D eigenvalue weighted by Crippen LogP contribution is 2.37. The first-order chi connectivity index (χ1) is 17.5. The minimum Gasteiger partial charge on any atom is -0.502 e. The standard InChI is InChI=1S/C24H24F2N6O4S/c1-13(33)31-8-6-24(7-9-31)29(2)23(36)19-21(35)20(34)16(12-32(19)30(24)3)22-28-27-18(37-22)10-14-4-5-15(25)11-17(14)26/h4-5,11-12,35H,6-10H2,1-3H3. The number of aromatic nitrogens is 3. The fraction of sp³-hybridized carbons (Fsp3) is 0.375. The summed E-state index contributed by atoms with van der Waals surface area (Å²) in [6, 6.07) is 3.25. The zero-order chi connectivity index (χ0) is 26.6. The van der Waals surface area contributed by atoms with Crippen LogP contribution in [0.3, 0.4) is 0 Å². The van der Waals surface area contributed by atoms with Crippen LogP contribution in [0.5, 0.6) is 5.75 Å². The Labute approximate surface area is 214 Å². The van der Waals surface area contributed by atoms with Crippen LogP contribution < -0.4 is 10.4 Å². The Morgan fingerprint density at radius 1 is 1.16 bits per heavy atom. The molecule has 0 aliphatic carbocycles. The van der Waals surface area contributed by atoms with Gasteiger partial charge < -0.3 is 14.9 Å². The normalized spacial score (nSPS) is 16.9. The van der Waals surface area contributed by atoms with Crippen LogP contribution in [-0.4, -0.2) is 74.4 Å². The van der Waals surface area contributed by atoms with Crippen LogP contribution in [0.25, 0.3) is 10.6 Å². The molecule has 2 amide bonds. The number of fused-ring (bicyclic) bond motifs is 1. The van der Waals surface area contributed by atoms with Crippen molar-refractivity contribution < 1.29 is 23.5 Å². The zero-order valence-electron chi connectivity index (χ0n) is 20.4. The Hall–Kier alpha value is -3.87. The van der Waals surface area contributed by atoms with E-state index in [9.17, 15) is 28.3 Å². The van der Waals surface area contributed by atoms with Gasteiger partial charge in [0.25, 0.3) is 5.91 Å². The summed E-state index contributed by atoms with van der Waals surface area (Å²) < 4.78 is 28.8. The molecule has 0 bridgehead atoms. The molecule has 2 aliphatic heterocycles. The van der Waals surface area contributed by atoms with Crippen LogP contribution in [0, 0.1) is 11.6 Å². The van der Waals surface area contributed by atoms with E-state index < -0.39 is 34.4 Å². The average Bonchev–Trinajstić information content (AvgIpc) is 3.33. The van der Waals surface area contributed by atoms with Crippen LogP contribution in [0.1, 0.15) is 40.8 Å². The van der Waals surface area contributed by atoms with Crippen molar-refractivity contribution in [1.29, 1.82) is 0 Å². The van der Waals surface area contributed by atoms with E-state index in [1.54, 1.807) is 24.0 Å². The van der Waals surface area contributed by atoms with Crippen LogP contribution >= 0.6 is 11.3 Å². The zero-order valence-corrected chi connectivity index (χ0v) is 21.2. The van der Waals surface area contributed by atoms with Gasteiger partial charge >= 0.3 is 0 Å². The predicted octanol–water partition coefficient (Wildman–Crippen LogP) is 1.93. The number of nitrogens with zero attached hydrogens (tertiary/aromatic N) is 6. The number of piperidine rings is 1.